The van der Waals surface area contributed by atoms with Crippen LogP contribution in [0.3, 0.4) is 0 Å². The van der Waals surface area contributed by atoms with E-state index in [-0.39, 0.29) is 11.9 Å². The second-order valence-electron chi connectivity index (χ2n) is 4.72. The molecule has 3 heterocycles. The van der Waals surface area contributed by atoms with E-state index in [0.29, 0.717) is 16.4 Å². The third-order valence-electron chi connectivity index (χ3n) is 3.18. The number of hydrogen-bond donors (Lipinski definition) is 1. The molecule has 5 nitrogen and oxygen atoms in total. The molecule has 0 saturated heterocycles. The van der Waals surface area contributed by atoms with Crippen LogP contribution >= 0.6 is 11.6 Å². The van der Waals surface area contributed by atoms with Crippen molar-refractivity contribution in [1.29, 1.82) is 0 Å². The van der Waals surface area contributed by atoms with Gasteiger partial charge in [0.1, 0.15) is 11.3 Å². The predicted molar refractivity (Wildman–Crippen MR) is 80.3 cm³/mol. The molecule has 0 aliphatic carbocycles. The molecular weight excluding hydrogens is 288 g/mol. The Morgan fingerprint density at radius 1 is 1.33 bits per heavy atom. The van der Waals surface area contributed by atoms with Crippen LogP contribution in [0.2, 0.25) is 5.02 Å². The first-order chi connectivity index (χ1) is 10.1. The van der Waals surface area contributed by atoms with E-state index >= 15 is 0 Å². The van der Waals surface area contributed by atoms with Crippen molar-refractivity contribution >= 4 is 23.2 Å². The van der Waals surface area contributed by atoms with E-state index in [4.69, 9.17) is 11.6 Å². The second-order valence-corrected chi connectivity index (χ2v) is 5.16. The van der Waals surface area contributed by atoms with Gasteiger partial charge < -0.3 is 9.72 Å². The fraction of sp³-hybridized carbons (Fsp3) is 0.133. The Kier molecular flexibility index (Phi) is 3.58. The maximum Gasteiger partial charge on any atom is 0.271 e. The molecule has 0 saturated carbocycles. The number of carbonyl (C=O) groups is 1. The van der Waals surface area contributed by atoms with Gasteiger partial charge in [0.05, 0.1) is 11.1 Å². The third kappa shape index (κ3) is 2.87. The van der Waals surface area contributed by atoms with E-state index in [1.807, 2.05) is 19.1 Å². The average molecular weight is 301 g/mol. The summed E-state index contributed by atoms with van der Waals surface area (Å²) < 4.78 is 1.73. The van der Waals surface area contributed by atoms with E-state index in [1.165, 1.54) is 0 Å². The predicted octanol–water partition coefficient (Wildman–Crippen LogP) is 2.87. The molecule has 106 valence electrons. The van der Waals surface area contributed by atoms with Crippen molar-refractivity contribution in [3.05, 3.63) is 65.3 Å². The average Bonchev–Trinajstić information content (AvgIpc) is 2.91. The topological polar surface area (TPSA) is 59.3 Å². The summed E-state index contributed by atoms with van der Waals surface area (Å²) in [5.74, 6) is -0.230. The first-order valence-corrected chi connectivity index (χ1v) is 6.86. The van der Waals surface area contributed by atoms with Crippen LogP contribution in [0.15, 0.2) is 49.1 Å². The van der Waals surface area contributed by atoms with Crippen LogP contribution < -0.4 is 5.32 Å². The van der Waals surface area contributed by atoms with E-state index in [9.17, 15) is 4.79 Å². The Morgan fingerprint density at radius 3 is 2.95 bits per heavy atom. The first-order valence-electron chi connectivity index (χ1n) is 6.48. The van der Waals surface area contributed by atoms with Gasteiger partial charge in [-0.25, -0.2) is 4.98 Å². The lowest BCUT2D eigenvalue weighted by molar-refractivity contribution is 0.0935. The number of rotatable bonds is 3. The van der Waals surface area contributed by atoms with Gasteiger partial charge in [-0.1, -0.05) is 17.7 Å². The number of nitrogens with one attached hydrogen (secondary N) is 1. The maximum absolute atomic E-state index is 12.2. The molecule has 3 aromatic rings. The van der Waals surface area contributed by atoms with Gasteiger partial charge in [0.25, 0.3) is 5.91 Å². The van der Waals surface area contributed by atoms with E-state index in [2.05, 4.69) is 15.3 Å². The Labute approximate surface area is 126 Å². The third-order valence-corrected chi connectivity index (χ3v) is 3.40. The molecule has 0 unspecified atom stereocenters. The summed E-state index contributed by atoms with van der Waals surface area (Å²) in [5.41, 5.74) is 1.98. The van der Waals surface area contributed by atoms with Crippen molar-refractivity contribution in [3.8, 4) is 0 Å². The number of hydrogen-bond acceptors (Lipinski definition) is 3. The summed E-state index contributed by atoms with van der Waals surface area (Å²) in [7, 11) is 0. The Morgan fingerprint density at radius 2 is 2.19 bits per heavy atom. The van der Waals surface area contributed by atoms with Crippen LogP contribution in [0.25, 0.3) is 5.65 Å². The molecule has 3 rings (SSSR count). The number of aromatic nitrogens is 3. The van der Waals surface area contributed by atoms with Crippen molar-refractivity contribution in [3.63, 3.8) is 0 Å². The molecule has 0 aliphatic rings. The molecule has 0 aromatic carbocycles. The van der Waals surface area contributed by atoms with Crippen LogP contribution in [0.1, 0.15) is 29.0 Å². The van der Waals surface area contributed by atoms with E-state index in [0.717, 1.165) is 5.56 Å². The van der Waals surface area contributed by atoms with Gasteiger partial charge >= 0.3 is 0 Å². The summed E-state index contributed by atoms with van der Waals surface area (Å²) in [6, 6.07) is 7.12. The fourth-order valence-electron chi connectivity index (χ4n) is 2.06. The maximum atomic E-state index is 12.2. The lowest BCUT2D eigenvalue weighted by Crippen LogP contribution is -2.26. The largest absolute Gasteiger partial charge is 0.344 e. The molecule has 0 aliphatic heterocycles. The Hall–Kier alpha value is -2.40. The van der Waals surface area contributed by atoms with Crippen molar-refractivity contribution in [2.45, 2.75) is 13.0 Å². The zero-order valence-electron chi connectivity index (χ0n) is 11.3. The monoisotopic (exact) mass is 300 g/mol. The molecule has 1 amide bonds. The number of fused-ring (bicyclic) bond motifs is 1. The number of pyridine rings is 2. The second kappa shape index (κ2) is 5.54. The van der Waals surface area contributed by atoms with Crippen LogP contribution in [0, 0.1) is 0 Å². The van der Waals surface area contributed by atoms with Crippen LogP contribution in [0.5, 0.6) is 0 Å². The summed E-state index contributed by atoms with van der Waals surface area (Å²) >= 11 is 5.92. The fourth-order valence-corrected chi connectivity index (χ4v) is 2.23. The molecule has 6 heteroatoms. The zero-order valence-corrected chi connectivity index (χ0v) is 12.1. The molecule has 1 atom stereocenters. The molecule has 0 radical (unpaired) electrons. The normalized spacial score (nSPS) is 12.3. The molecule has 0 bridgehead atoms. The van der Waals surface area contributed by atoms with Gasteiger partial charge in [-0.3, -0.25) is 9.78 Å². The quantitative estimate of drug-likeness (QED) is 0.809. The van der Waals surface area contributed by atoms with Crippen molar-refractivity contribution in [2.24, 2.45) is 0 Å². The van der Waals surface area contributed by atoms with Crippen molar-refractivity contribution in [1.82, 2.24) is 19.7 Å². The highest BCUT2D eigenvalue weighted by atomic mass is 35.5. The van der Waals surface area contributed by atoms with Gasteiger partial charge in [-0.2, -0.15) is 0 Å². The number of amides is 1. The summed E-state index contributed by atoms with van der Waals surface area (Å²) in [6.07, 6.45) is 6.80. The van der Waals surface area contributed by atoms with Crippen LogP contribution in [0.4, 0.5) is 0 Å². The van der Waals surface area contributed by atoms with E-state index in [1.54, 1.807) is 41.3 Å². The van der Waals surface area contributed by atoms with Crippen molar-refractivity contribution < 1.29 is 4.79 Å². The van der Waals surface area contributed by atoms with Gasteiger partial charge in [-0.15, -0.1) is 0 Å². The molecule has 21 heavy (non-hydrogen) atoms. The van der Waals surface area contributed by atoms with Gasteiger partial charge in [0, 0.05) is 24.8 Å². The van der Waals surface area contributed by atoms with Gasteiger partial charge in [-0.05, 0) is 30.7 Å². The SMILES string of the molecule is C[C@@H](NC(=O)c1cn2cc(Cl)ccc2n1)c1cccnc1. The first kappa shape index (κ1) is 13.6. The van der Waals surface area contributed by atoms with Crippen molar-refractivity contribution in [2.75, 3.05) is 0 Å². The van der Waals surface area contributed by atoms with E-state index < -0.39 is 0 Å². The standard InChI is InChI=1S/C15H13ClN4O/c1-10(11-3-2-6-17-7-11)18-15(21)13-9-20-8-12(16)4-5-14(20)19-13/h2-10H,1H3,(H,18,21)/t10-/m1/s1. The Balaban J connectivity index is 1.80. The van der Waals surface area contributed by atoms with Crippen LogP contribution in [-0.4, -0.2) is 20.3 Å². The molecular formula is C15H13ClN4O. The van der Waals surface area contributed by atoms with Gasteiger partial charge in [0.2, 0.25) is 0 Å². The highest BCUT2D eigenvalue weighted by molar-refractivity contribution is 6.30. The minimum Gasteiger partial charge on any atom is -0.344 e. The lowest BCUT2D eigenvalue weighted by atomic mass is 10.1. The lowest BCUT2D eigenvalue weighted by Gasteiger charge is -2.12. The number of halogens is 1. The van der Waals surface area contributed by atoms with Gasteiger partial charge in [0.15, 0.2) is 0 Å². The molecule has 0 spiro atoms. The molecule has 1 N–H and O–H groups in total. The number of nitrogens with zero attached hydrogens (tertiary/aromatic N) is 3. The molecule has 0 fully saturated rings. The number of carbonyl (C=O) groups excluding carboxylic acids is 1. The van der Waals surface area contributed by atoms with Crippen LogP contribution in [-0.2, 0) is 0 Å². The summed E-state index contributed by atoms with van der Waals surface area (Å²) in [5, 5.41) is 3.49. The molecule has 3 aromatic heterocycles. The number of imidazole rings is 1. The minimum atomic E-state index is -0.230. The zero-order chi connectivity index (χ0) is 14.8. The summed E-state index contributed by atoms with van der Waals surface area (Å²) in [4.78, 5) is 20.6. The summed E-state index contributed by atoms with van der Waals surface area (Å²) in [6.45, 7) is 1.90. The highest BCUT2D eigenvalue weighted by Crippen LogP contribution is 2.14. The highest BCUT2D eigenvalue weighted by Gasteiger charge is 2.14. The smallest absolute Gasteiger partial charge is 0.271 e. The Bertz CT molecular complexity index is 785. The minimum absolute atomic E-state index is 0.139.